The van der Waals surface area contributed by atoms with E-state index < -0.39 is 0 Å². The van der Waals surface area contributed by atoms with Gasteiger partial charge in [-0.3, -0.25) is 4.99 Å². The Morgan fingerprint density at radius 2 is 1.73 bits per heavy atom. The zero-order valence-corrected chi connectivity index (χ0v) is 17.6. The molecule has 2 aromatic carbocycles. The molecule has 0 saturated carbocycles. The van der Waals surface area contributed by atoms with Crippen LogP contribution in [0.4, 0.5) is 0 Å². The second kappa shape index (κ2) is 11.2. The molecule has 4 nitrogen and oxygen atoms in total. The molecule has 3 rings (SSSR count). The first kappa shape index (κ1) is 20.7. The van der Waals surface area contributed by atoms with E-state index in [1.165, 1.54) is 17.5 Å². The fraction of sp³-hybridized carbons (Fsp3) is 0.381. The topological polar surface area (TPSA) is 45.7 Å². The maximum atomic E-state index is 6.07. The molecule has 1 fully saturated rings. The van der Waals surface area contributed by atoms with Crippen LogP contribution in [0.3, 0.4) is 0 Å². The molecule has 1 aliphatic heterocycles. The van der Waals surface area contributed by atoms with E-state index in [9.17, 15) is 0 Å². The van der Waals surface area contributed by atoms with Crippen molar-refractivity contribution in [3.63, 3.8) is 0 Å². The standard InChI is InChI=1S/C21H27N3O.HI/c1-22-21(23-15-17-9-4-2-5-10-17)24-16-19-13-8-14-25-20(19)18-11-6-3-7-12-18;/h2-7,9-12,19-20H,8,13-16H2,1H3,(H2,22,23,24);1H. The number of hydrogen-bond donors (Lipinski definition) is 2. The lowest BCUT2D eigenvalue weighted by Gasteiger charge is -2.32. The molecule has 0 spiro atoms. The predicted octanol–water partition coefficient (Wildman–Crippen LogP) is 4.14. The SMILES string of the molecule is CN=C(NCc1ccccc1)NCC1CCCOC1c1ccccc1.I. The van der Waals surface area contributed by atoms with Crippen molar-refractivity contribution >= 4 is 29.9 Å². The Hall–Kier alpha value is -1.60. The molecule has 140 valence electrons. The Bertz CT molecular complexity index is 663. The summed E-state index contributed by atoms with van der Waals surface area (Å²) in [7, 11) is 1.81. The predicted molar refractivity (Wildman–Crippen MR) is 118 cm³/mol. The summed E-state index contributed by atoms with van der Waals surface area (Å²) in [5, 5.41) is 6.85. The molecular formula is C21H28IN3O. The average molecular weight is 465 g/mol. The van der Waals surface area contributed by atoms with Crippen molar-refractivity contribution in [2.24, 2.45) is 10.9 Å². The number of ether oxygens (including phenoxy) is 1. The molecular weight excluding hydrogens is 437 g/mol. The van der Waals surface area contributed by atoms with E-state index in [-0.39, 0.29) is 30.1 Å². The van der Waals surface area contributed by atoms with Crippen LogP contribution in [0.15, 0.2) is 65.7 Å². The van der Waals surface area contributed by atoms with Crippen molar-refractivity contribution in [2.75, 3.05) is 20.2 Å². The molecule has 2 atom stereocenters. The van der Waals surface area contributed by atoms with Crippen LogP contribution in [0.5, 0.6) is 0 Å². The molecule has 1 saturated heterocycles. The summed E-state index contributed by atoms with van der Waals surface area (Å²) in [6, 6.07) is 20.9. The quantitative estimate of drug-likeness (QED) is 0.397. The van der Waals surface area contributed by atoms with Crippen molar-refractivity contribution in [3.8, 4) is 0 Å². The van der Waals surface area contributed by atoms with Gasteiger partial charge in [-0.2, -0.15) is 0 Å². The number of nitrogens with zero attached hydrogens (tertiary/aromatic N) is 1. The van der Waals surface area contributed by atoms with E-state index in [2.05, 4.69) is 70.2 Å². The van der Waals surface area contributed by atoms with Crippen LogP contribution in [0.2, 0.25) is 0 Å². The van der Waals surface area contributed by atoms with Crippen LogP contribution in [0.1, 0.15) is 30.1 Å². The zero-order valence-electron chi connectivity index (χ0n) is 15.2. The largest absolute Gasteiger partial charge is 0.373 e. The van der Waals surface area contributed by atoms with E-state index in [0.717, 1.165) is 32.1 Å². The minimum Gasteiger partial charge on any atom is -0.373 e. The Morgan fingerprint density at radius 3 is 2.42 bits per heavy atom. The van der Waals surface area contributed by atoms with Gasteiger partial charge in [0.05, 0.1) is 6.10 Å². The van der Waals surface area contributed by atoms with Crippen molar-refractivity contribution in [3.05, 3.63) is 71.8 Å². The first-order chi connectivity index (χ1) is 12.4. The minimum absolute atomic E-state index is 0. The van der Waals surface area contributed by atoms with Gasteiger partial charge in [-0.1, -0.05) is 60.7 Å². The lowest BCUT2D eigenvalue weighted by molar-refractivity contribution is -0.0265. The van der Waals surface area contributed by atoms with Crippen LogP contribution >= 0.6 is 24.0 Å². The van der Waals surface area contributed by atoms with Crippen LogP contribution < -0.4 is 10.6 Å². The molecule has 1 aliphatic rings. The fourth-order valence-electron chi connectivity index (χ4n) is 3.29. The zero-order chi connectivity index (χ0) is 17.3. The summed E-state index contributed by atoms with van der Waals surface area (Å²) in [5.74, 6) is 1.28. The second-order valence-electron chi connectivity index (χ2n) is 6.40. The average Bonchev–Trinajstić information content (AvgIpc) is 2.70. The Kier molecular flexibility index (Phi) is 8.91. The summed E-state index contributed by atoms with van der Waals surface area (Å²) in [4.78, 5) is 4.34. The summed E-state index contributed by atoms with van der Waals surface area (Å²) in [6.07, 6.45) is 2.45. The molecule has 0 bridgehead atoms. The van der Waals surface area contributed by atoms with Crippen LogP contribution in [-0.2, 0) is 11.3 Å². The van der Waals surface area contributed by atoms with Gasteiger partial charge in [0.15, 0.2) is 5.96 Å². The third kappa shape index (κ3) is 5.99. The second-order valence-corrected chi connectivity index (χ2v) is 6.40. The first-order valence-electron chi connectivity index (χ1n) is 9.02. The lowest BCUT2D eigenvalue weighted by atomic mass is 9.89. The molecule has 2 N–H and O–H groups in total. The van der Waals surface area contributed by atoms with Crippen LogP contribution in [-0.4, -0.2) is 26.2 Å². The van der Waals surface area contributed by atoms with Gasteiger partial charge in [-0.25, -0.2) is 0 Å². The van der Waals surface area contributed by atoms with Gasteiger partial charge >= 0.3 is 0 Å². The minimum atomic E-state index is 0. The Morgan fingerprint density at radius 1 is 1.04 bits per heavy atom. The van der Waals surface area contributed by atoms with E-state index in [4.69, 9.17) is 4.74 Å². The molecule has 1 heterocycles. The normalized spacial score (nSPS) is 20.1. The molecule has 2 aromatic rings. The van der Waals surface area contributed by atoms with Gasteiger partial charge < -0.3 is 15.4 Å². The molecule has 0 aromatic heterocycles. The molecule has 2 unspecified atom stereocenters. The van der Waals surface area contributed by atoms with Crippen LogP contribution in [0.25, 0.3) is 0 Å². The first-order valence-corrected chi connectivity index (χ1v) is 9.02. The molecule has 5 heteroatoms. The highest BCUT2D eigenvalue weighted by Crippen LogP contribution is 2.32. The highest BCUT2D eigenvalue weighted by Gasteiger charge is 2.27. The van der Waals surface area contributed by atoms with Gasteiger partial charge in [0.25, 0.3) is 0 Å². The summed E-state index contributed by atoms with van der Waals surface area (Å²) < 4.78 is 6.07. The monoisotopic (exact) mass is 465 g/mol. The maximum Gasteiger partial charge on any atom is 0.191 e. The van der Waals surface area contributed by atoms with E-state index >= 15 is 0 Å². The molecule has 0 aliphatic carbocycles. The number of nitrogens with one attached hydrogen (secondary N) is 2. The Labute approximate surface area is 173 Å². The number of rotatable bonds is 5. The summed E-state index contributed by atoms with van der Waals surface area (Å²) in [5.41, 5.74) is 2.51. The van der Waals surface area contributed by atoms with Gasteiger partial charge in [-0.05, 0) is 24.0 Å². The number of guanidine groups is 1. The third-order valence-electron chi connectivity index (χ3n) is 4.63. The van der Waals surface area contributed by atoms with Gasteiger partial charge in [0.1, 0.15) is 0 Å². The number of benzene rings is 2. The van der Waals surface area contributed by atoms with Crippen molar-refractivity contribution < 1.29 is 4.74 Å². The molecule has 26 heavy (non-hydrogen) atoms. The number of hydrogen-bond acceptors (Lipinski definition) is 2. The lowest BCUT2D eigenvalue weighted by Crippen LogP contribution is -2.41. The summed E-state index contributed by atoms with van der Waals surface area (Å²) >= 11 is 0. The summed E-state index contributed by atoms with van der Waals surface area (Å²) in [6.45, 7) is 2.47. The molecule has 0 amide bonds. The van der Waals surface area contributed by atoms with E-state index in [1.54, 1.807) is 0 Å². The third-order valence-corrected chi connectivity index (χ3v) is 4.63. The van der Waals surface area contributed by atoms with Gasteiger partial charge in [0, 0.05) is 32.7 Å². The van der Waals surface area contributed by atoms with Crippen molar-refractivity contribution in [2.45, 2.75) is 25.5 Å². The number of aliphatic imine (C=N–C) groups is 1. The molecule has 0 radical (unpaired) electrons. The van der Waals surface area contributed by atoms with Crippen molar-refractivity contribution in [1.29, 1.82) is 0 Å². The van der Waals surface area contributed by atoms with Crippen molar-refractivity contribution in [1.82, 2.24) is 10.6 Å². The highest BCUT2D eigenvalue weighted by atomic mass is 127. The maximum absolute atomic E-state index is 6.07. The highest BCUT2D eigenvalue weighted by molar-refractivity contribution is 14.0. The van der Waals surface area contributed by atoms with Gasteiger partial charge in [-0.15, -0.1) is 24.0 Å². The van der Waals surface area contributed by atoms with E-state index in [0.29, 0.717) is 5.92 Å². The fourth-order valence-corrected chi connectivity index (χ4v) is 3.29. The van der Waals surface area contributed by atoms with Crippen LogP contribution in [0, 0.1) is 5.92 Å². The number of halogens is 1. The van der Waals surface area contributed by atoms with E-state index in [1.807, 2.05) is 13.1 Å². The Balaban J connectivity index is 0.00000243. The smallest absolute Gasteiger partial charge is 0.191 e. The van der Waals surface area contributed by atoms with Gasteiger partial charge in [0.2, 0.25) is 0 Å².